The molecule has 0 unspecified atom stereocenters. The van der Waals surface area contributed by atoms with Gasteiger partial charge in [-0.1, -0.05) is 6.07 Å². The van der Waals surface area contributed by atoms with Crippen LogP contribution in [0.4, 0.5) is 5.69 Å². The second-order valence-electron chi connectivity index (χ2n) is 7.81. The number of nitro groups is 1. The molecule has 3 aliphatic heterocycles. The maximum Gasteiger partial charge on any atom is 0.275 e. The highest BCUT2D eigenvalue weighted by atomic mass is 16.6. The summed E-state index contributed by atoms with van der Waals surface area (Å²) in [6.45, 7) is 2.40. The second kappa shape index (κ2) is 7.81. The number of rotatable bonds is 5. The number of hydrogen-bond acceptors (Lipinski definition) is 5. The first-order chi connectivity index (χ1) is 14.0. The number of nitro benzene ring substituents is 1. The fraction of sp³-hybridized carbons (Fsp3) is 0.550. The molecule has 0 spiro atoms. The lowest BCUT2D eigenvalue weighted by molar-refractivity contribution is -0.385. The van der Waals surface area contributed by atoms with Crippen LogP contribution < -0.4 is 0 Å². The molecule has 1 atom stereocenters. The van der Waals surface area contributed by atoms with Gasteiger partial charge < -0.3 is 14.7 Å². The molecule has 3 aliphatic rings. The first-order valence-corrected chi connectivity index (χ1v) is 10.1. The number of carbonyl (C=O) groups excluding carboxylic acids is 3. The van der Waals surface area contributed by atoms with E-state index >= 15 is 0 Å². The van der Waals surface area contributed by atoms with Crippen LogP contribution in [0, 0.1) is 10.1 Å². The highest BCUT2D eigenvalue weighted by molar-refractivity contribution is 5.99. The van der Waals surface area contributed by atoms with Crippen LogP contribution in [-0.4, -0.2) is 69.6 Å². The summed E-state index contributed by atoms with van der Waals surface area (Å²) < 4.78 is 0. The van der Waals surface area contributed by atoms with E-state index in [0.717, 1.165) is 32.4 Å². The molecule has 0 aliphatic carbocycles. The van der Waals surface area contributed by atoms with Gasteiger partial charge in [0.05, 0.1) is 22.6 Å². The van der Waals surface area contributed by atoms with Crippen LogP contribution in [-0.2, 0) is 16.1 Å². The zero-order valence-electron chi connectivity index (χ0n) is 16.2. The molecule has 2 fully saturated rings. The first-order valence-electron chi connectivity index (χ1n) is 10.1. The van der Waals surface area contributed by atoms with E-state index in [0.29, 0.717) is 24.1 Å². The van der Waals surface area contributed by atoms with E-state index < -0.39 is 11.0 Å². The lowest BCUT2D eigenvalue weighted by Crippen LogP contribution is -2.47. The largest absolute Gasteiger partial charge is 0.341 e. The Balaban J connectivity index is 1.38. The molecule has 1 aromatic carbocycles. The van der Waals surface area contributed by atoms with Gasteiger partial charge in [0.1, 0.15) is 6.04 Å². The Kier molecular flexibility index (Phi) is 5.21. The highest BCUT2D eigenvalue weighted by Gasteiger charge is 2.38. The Morgan fingerprint density at radius 3 is 2.62 bits per heavy atom. The topological polar surface area (TPSA) is 104 Å². The van der Waals surface area contributed by atoms with Crippen molar-refractivity contribution in [3.63, 3.8) is 0 Å². The maximum absolute atomic E-state index is 12.8. The smallest absolute Gasteiger partial charge is 0.275 e. The Labute approximate surface area is 168 Å². The van der Waals surface area contributed by atoms with Crippen molar-refractivity contribution < 1.29 is 19.3 Å². The zero-order chi connectivity index (χ0) is 20.5. The summed E-state index contributed by atoms with van der Waals surface area (Å²) in [5.74, 6) is -0.394. The molecule has 0 bridgehead atoms. The molecule has 0 saturated carbocycles. The quantitative estimate of drug-likeness (QED) is 0.551. The fourth-order valence-electron chi connectivity index (χ4n) is 4.57. The summed E-state index contributed by atoms with van der Waals surface area (Å²) in [7, 11) is 0. The van der Waals surface area contributed by atoms with Crippen molar-refractivity contribution in [2.75, 3.05) is 26.2 Å². The molecule has 0 N–H and O–H groups in total. The number of benzene rings is 1. The molecular weight excluding hydrogens is 376 g/mol. The fourth-order valence-corrected chi connectivity index (χ4v) is 4.57. The van der Waals surface area contributed by atoms with Crippen molar-refractivity contribution in [2.24, 2.45) is 0 Å². The number of carbonyl (C=O) groups is 3. The van der Waals surface area contributed by atoms with Crippen LogP contribution in [0.2, 0.25) is 0 Å². The van der Waals surface area contributed by atoms with Crippen molar-refractivity contribution in [3.05, 3.63) is 39.4 Å². The monoisotopic (exact) mass is 400 g/mol. The number of likely N-dealkylation sites (tertiary alicyclic amines) is 2. The Bertz CT molecular complexity index is 864. The summed E-state index contributed by atoms with van der Waals surface area (Å²) in [5, 5.41) is 11.2. The van der Waals surface area contributed by atoms with E-state index in [4.69, 9.17) is 0 Å². The average Bonchev–Trinajstić information content (AvgIpc) is 3.46. The van der Waals surface area contributed by atoms with Crippen LogP contribution >= 0.6 is 0 Å². The van der Waals surface area contributed by atoms with E-state index in [-0.39, 0.29) is 42.9 Å². The van der Waals surface area contributed by atoms with Gasteiger partial charge in [-0.15, -0.1) is 0 Å². The van der Waals surface area contributed by atoms with Crippen LogP contribution in [0.3, 0.4) is 0 Å². The van der Waals surface area contributed by atoms with Crippen LogP contribution in [0.5, 0.6) is 0 Å². The second-order valence-corrected chi connectivity index (χ2v) is 7.81. The molecule has 3 heterocycles. The zero-order valence-corrected chi connectivity index (χ0v) is 16.2. The lowest BCUT2D eigenvalue weighted by Gasteiger charge is -2.28. The number of fused-ring (bicyclic) bond motifs is 1. The van der Waals surface area contributed by atoms with Gasteiger partial charge in [0.2, 0.25) is 11.8 Å². The molecule has 0 aromatic heterocycles. The van der Waals surface area contributed by atoms with E-state index in [1.54, 1.807) is 11.0 Å². The SMILES string of the molecule is O=C1c2cccc([N+](=O)[O-])c2CN1CCC(=O)N1CCC[C@H]1C(=O)N1CCCC1. The van der Waals surface area contributed by atoms with Crippen LogP contribution in [0.25, 0.3) is 0 Å². The number of nitrogens with zero attached hydrogens (tertiary/aromatic N) is 4. The predicted octanol–water partition coefficient (Wildman–Crippen LogP) is 1.55. The third-order valence-corrected chi connectivity index (χ3v) is 6.09. The van der Waals surface area contributed by atoms with E-state index in [2.05, 4.69) is 0 Å². The standard InChI is InChI=1S/C20H24N4O5/c25-18(23-11-4-7-17(23)20(27)21-9-1-2-10-21)8-12-22-13-15-14(19(22)26)5-3-6-16(15)24(28)29/h3,5-6,17H,1-2,4,7-13H2/t17-/m0/s1. The molecule has 0 radical (unpaired) electrons. The van der Waals surface area contributed by atoms with Crippen molar-refractivity contribution in [2.45, 2.75) is 44.7 Å². The predicted molar refractivity (Wildman–Crippen MR) is 103 cm³/mol. The molecule has 1 aromatic rings. The average molecular weight is 400 g/mol. The summed E-state index contributed by atoms with van der Waals surface area (Å²) in [4.78, 5) is 53.8. The summed E-state index contributed by atoms with van der Waals surface area (Å²) >= 11 is 0. The minimum atomic E-state index is -0.487. The molecule has 154 valence electrons. The molecule has 29 heavy (non-hydrogen) atoms. The number of hydrogen-bond donors (Lipinski definition) is 0. The van der Waals surface area contributed by atoms with E-state index in [9.17, 15) is 24.5 Å². The molecule has 9 nitrogen and oxygen atoms in total. The minimum Gasteiger partial charge on any atom is -0.341 e. The minimum absolute atomic E-state index is 0.0358. The van der Waals surface area contributed by atoms with Crippen LogP contribution in [0.15, 0.2) is 18.2 Å². The van der Waals surface area contributed by atoms with E-state index in [1.807, 2.05) is 4.90 Å². The lowest BCUT2D eigenvalue weighted by atomic mass is 10.1. The van der Waals surface area contributed by atoms with Crippen molar-refractivity contribution in [1.82, 2.24) is 14.7 Å². The Morgan fingerprint density at radius 1 is 1.14 bits per heavy atom. The third kappa shape index (κ3) is 3.56. The highest BCUT2D eigenvalue weighted by Crippen LogP contribution is 2.31. The van der Waals surface area contributed by atoms with Gasteiger partial charge in [-0.2, -0.15) is 0 Å². The molecular formula is C20H24N4O5. The van der Waals surface area contributed by atoms with Crippen molar-refractivity contribution in [3.8, 4) is 0 Å². The van der Waals surface area contributed by atoms with Crippen LogP contribution in [0.1, 0.15) is 48.0 Å². The van der Waals surface area contributed by atoms with Gasteiger partial charge in [-0.25, -0.2) is 0 Å². The van der Waals surface area contributed by atoms with Gasteiger partial charge in [0.15, 0.2) is 0 Å². The van der Waals surface area contributed by atoms with E-state index in [1.165, 1.54) is 17.0 Å². The van der Waals surface area contributed by atoms with Crippen molar-refractivity contribution in [1.29, 1.82) is 0 Å². The Hall–Kier alpha value is -2.97. The van der Waals surface area contributed by atoms with Gasteiger partial charge in [-0.3, -0.25) is 24.5 Å². The molecule has 4 rings (SSSR count). The van der Waals surface area contributed by atoms with Gasteiger partial charge in [0.25, 0.3) is 11.6 Å². The molecule has 3 amide bonds. The third-order valence-electron chi connectivity index (χ3n) is 6.09. The number of amides is 3. The van der Waals surface area contributed by atoms with Gasteiger partial charge in [-0.05, 0) is 31.7 Å². The first kappa shape index (κ1) is 19.4. The van der Waals surface area contributed by atoms with Gasteiger partial charge in [0, 0.05) is 38.7 Å². The maximum atomic E-state index is 12.8. The summed E-state index contributed by atoms with van der Waals surface area (Å²) in [5.41, 5.74) is 0.661. The summed E-state index contributed by atoms with van der Waals surface area (Å²) in [6.07, 6.45) is 3.61. The Morgan fingerprint density at radius 2 is 1.90 bits per heavy atom. The van der Waals surface area contributed by atoms with Gasteiger partial charge >= 0.3 is 0 Å². The molecule has 2 saturated heterocycles. The molecule has 9 heteroatoms. The normalized spacial score (nSPS) is 21.0. The van der Waals surface area contributed by atoms with Crippen molar-refractivity contribution >= 4 is 23.4 Å². The summed E-state index contributed by atoms with van der Waals surface area (Å²) in [6, 6.07) is 4.08.